The summed E-state index contributed by atoms with van der Waals surface area (Å²) in [5.41, 5.74) is 12.4. The van der Waals surface area contributed by atoms with Gasteiger partial charge in [0.2, 0.25) is 5.69 Å². The van der Waals surface area contributed by atoms with Crippen molar-refractivity contribution >= 4 is 71.1 Å². The van der Waals surface area contributed by atoms with Crippen LogP contribution in [0.15, 0.2) is 176 Å². The Kier molecular flexibility index (Phi) is 6.61. The first-order chi connectivity index (χ1) is 27.2. The fourth-order valence-corrected chi connectivity index (χ4v) is 8.79. The van der Waals surface area contributed by atoms with Gasteiger partial charge in [-0.2, -0.15) is 5.26 Å². The smallest absolute Gasteiger partial charge is 0.211 e. The summed E-state index contributed by atoms with van der Waals surface area (Å²) in [6, 6.07) is 63.6. The number of hydrogen-bond donors (Lipinski definition) is 0. The van der Waals surface area contributed by atoms with Gasteiger partial charge in [-0.3, -0.25) is 0 Å². The summed E-state index contributed by atoms with van der Waals surface area (Å²) in [6.45, 7) is 8.07. The fourth-order valence-electron chi connectivity index (χ4n) is 8.79. The largest absolute Gasteiger partial charge is 0.318 e. The highest BCUT2D eigenvalue weighted by Crippen LogP contribution is 2.42. The second kappa shape index (κ2) is 11.8. The van der Waals surface area contributed by atoms with Gasteiger partial charge in [0, 0.05) is 43.9 Å². The van der Waals surface area contributed by atoms with Crippen LogP contribution < -0.4 is 0 Å². The molecule has 0 fully saturated rings. The van der Waals surface area contributed by atoms with Crippen LogP contribution in [0, 0.1) is 17.9 Å². The summed E-state index contributed by atoms with van der Waals surface area (Å²) >= 11 is 0. The average Bonchev–Trinajstić information content (AvgIpc) is 3.89. The van der Waals surface area contributed by atoms with E-state index in [1.165, 1.54) is 21.8 Å². The van der Waals surface area contributed by atoms with Crippen molar-refractivity contribution in [1.82, 2.24) is 13.7 Å². The normalized spacial score (nSPS) is 11.6. The molecule has 0 amide bonds. The van der Waals surface area contributed by atoms with Gasteiger partial charge in [-0.1, -0.05) is 109 Å². The lowest BCUT2D eigenvalue weighted by atomic mass is 10.00. The molecule has 0 atom stereocenters. The summed E-state index contributed by atoms with van der Waals surface area (Å²) in [6.07, 6.45) is 0. The molecule has 0 saturated carbocycles. The van der Waals surface area contributed by atoms with E-state index in [0.717, 1.165) is 71.8 Å². The lowest BCUT2D eigenvalue weighted by molar-refractivity contribution is 1.16. The first kappa shape index (κ1) is 30.7. The van der Waals surface area contributed by atoms with E-state index in [0.29, 0.717) is 11.3 Å². The molecular formula is C50H29N5. The number of rotatable bonds is 4. The van der Waals surface area contributed by atoms with E-state index in [-0.39, 0.29) is 0 Å². The van der Waals surface area contributed by atoms with Crippen molar-refractivity contribution < 1.29 is 0 Å². The molecule has 3 heterocycles. The van der Waals surface area contributed by atoms with Gasteiger partial charge < -0.3 is 13.7 Å². The monoisotopic (exact) mass is 699 g/mol. The fraction of sp³-hybridized carbons (Fsp3) is 0. The quantitative estimate of drug-likeness (QED) is 0.169. The lowest BCUT2D eigenvalue weighted by Gasteiger charge is -2.17. The van der Waals surface area contributed by atoms with Crippen LogP contribution >= 0.6 is 0 Å². The molecule has 0 bridgehead atoms. The molecule has 0 aliphatic heterocycles. The molecule has 0 N–H and O–H groups in total. The molecular weight excluding hydrogens is 671 g/mol. The van der Waals surface area contributed by atoms with Crippen LogP contribution in [-0.4, -0.2) is 13.7 Å². The Hall–Kier alpha value is -7.86. The number of para-hydroxylation sites is 6. The van der Waals surface area contributed by atoms with Crippen molar-refractivity contribution in [3.8, 4) is 34.3 Å². The molecule has 8 aromatic carbocycles. The SMILES string of the molecule is [C-]#[N+]c1cccc2c3ccccc3n(-c3ccccc3-c3cc(C#N)cc(-n4c5ccccc5c5cc(-n6c7ccccc7c7ccccc76)ccc54)c3)c12. The molecule has 0 aliphatic rings. The van der Waals surface area contributed by atoms with Gasteiger partial charge in [-0.25, -0.2) is 4.85 Å². The van der Waals surface area contributed by atoms with Crippen molar-refractivity contribution in [3.63, 3.8) is 0 Å². The minimum absolute atomic E-state index is 0.569. The van der Waals surface area contributed by atoms with Crippen molar-refractivity contribution in [2.45, 2.75) is 0 Å². The molecule has 0 saturated heterocycles. The third kappa shape index (κ3) is 4.45. The Morgan fingerprint density at radius 3 is 1.62 bits per heavy atom. The van der Waals surface area contributed by atoms with E-state index >= 15 is 0 Å². The Morgan fingerprint density at radius 1 is 0.436 bits per heavy atom. The van der Waals surface area contributed by atoms with Crippen molar-refractivity contribution in [2.24, 2.45) is 0 Å². The van der Waals surface area contributed by atoms with Gasteiger partial charge in [0.05, 0.1) is 57.0 Å². The molecule has 11 aromatic rings. The highest BCUT2D eigenvalue weighted by atomic mass is 15.0. The van der Waals surface area contributed by atoms with E-state index in [4.69, 9.17) is 6.57 Å². The van der Waals surface area contributed by atoms with Crippen LogP contribution in [0.4, 0.5) is 5.69 Å². The second-order valence-corrected chi connectivity index (χ2v) is 14.0. The topological polar surface area (TPSA) is 42.9 Å². The number of hydrogen-bond acceptors (Lipinski definition) is 1. The molecule has 5 heteroatoms. The van der Waals surface area contributed by atoms with Crippen LogP contribution in [0.5, 0.6) is 0 Å². The highest BCUT2D eigenvalue weighted by molar-refractivity contribution is 6.14. The first-order valence-electron chi connectivity index (χ1n) is 18.3. The number of aromatic nitrogens is 3. The summed E-state index contributed by atoms with van der Waals surface area (Å²) in [7, 11) is 0. The van der Waals surface area contributed by atoms with Gasteiger partial charge in [-0.15, -0.1) is 0 Å². The minimum Gasteiger partial charge on any atom is -0.318 e. The summed E-state index contributed by atoms with van der Waals surface area (Å²) in [4.78, 5) is 3.95. The van der Waals surface area contributed by atoms with Crippen molar-refractivity contribution in [2.75, 3.05) is 0 Å². The van der Waals surface area contributed by atoms with E-state index in [2.05, 4.69) is 152 Å². The van der Waals surface area contributed by atoms with Crippen molar-refractivity contribution in [3.05, 3.63) is 193 Å². The van der Waals surface area contributed by atoms with E-state index < -0.39 is 0 Å². The molecule has 254 valence electrons. The van der Waals surface area contributed by atoms with Crippen LogP contribution in [0.25, 0.3) is 98.5 Å². The summed E-state index contributed by atoms with van der Waals surface area (Å²) in [5, 5.41) is 17.3. The zero-order valence-electron chi connectivity index (χ0n) is 29.5. The average molecular weight is 700 g/mol. The van der Waals surface area contributed by atoms with E-state index in [9.17, 15) is 5.26 Å². The van der Waals surface area contributed by atoms with Gasteiger partial charge in [0.15, 0.2) is 0 Å². The Labute approximate surface area is 316 Å². The molecule has 0 aliphatic carbocycles. The third-order valence-electron chi connectivity index (χ3n) is 11.0. The van der Waals surface area contributed by atoms with E-state index in [1.54, 1.807) is 0 Å². The van der Waals surface area contributed by atoms with Gasteiger partial charge >= 0.3 is 0 Å². The Morgan fingerprint density at radius 2 is 0.964 bits per heavy atom. The minimum atomic E-state index is 0.569. The standard InChI is InChI=1S/C50H29N5/c1-52-43-19-12-18-41-39-16-5-11-24-48(39)55(50(41)43)44-20-7-2-13-36(44)33-27-32(31-51)28-35(29-33)54-47-23-10-6-17-40(47)42-30-34(25-26-49(42)54)53-45-21-8-3-14-37(45)38-15-4-9-22-46(38)53/h2-30H. The van der Waals surface area contributed by atoms with Crippen LogP contribution in [0.3, 0.4) is 0 Å². The number of fused-ring (bicyclic) bond motifs is 9. The number of benzene rings is 8. The van der Waals surface area contributed by atoms with Crippen molar-refractivity contribution in [1.29, 1.82) is 5.26 Å². The lowest BCUT2D eigenvalue weighted by Crippen LogP contribution is -2.00. The highest BCUT2D eigenvalue weighted by Gasteiger charge is 2.20. The maximum atomic E-state index is 10.5. The molecule has 55 heavy (non-hydrogen) atoms. The third-order valence-corrected chi connectivity index (χ3v) is 11.0. The van der Waals surface area contributed by atoms with E-state index in [1.807, 2.05) is 48.5 Å². The van der Waals surface area contributed by atoms with Crippen LogP contribution in [-0.2, 0) is 0 Å². The first-order valence-corrected chi connectivity index (χ1v) is 18.3. The molecule has 3 aromatic heterocycles. The van der Waals surface area contributed by atoms with Crippen LogP contribution in [0.2, 0.25) is 0 Å². The predicted molar refractivity (Wildman–Crippen MR) is 226 cm³/mol. The summed E-state index contributed by atoms with van der Waals surface area (Å²) < 4.78 is 6.85. The zero-order valence-corrected chi connectivity index (χ0v) is 29.5. The predicted octanol–water partition coefficient (Wildman–Crippen LogP) is 13.1. The number of nitriles is 1. The maximum Gasteiger partial charge on any atom is 0.211 e. The molecule has 11 rings (SSSR count). The number of nitrogens with zero attached hydrogens (tertiary/aromatic N) is 5. The molecule has 0 unspecified atom stereocenters. The Bertz CT molecular complexity index is 3420. The summed E-state index contributed by atoms with van der Waals surface area (Å²) in [5.74, 6) is 0. The van der Waals surface area contributed by atoms with Gasteiger partial charge in [0.25, 0.3) is 0 Å². The van der Waals surface area contributed by atoms with Gasteiger partial charge in [0.1, 0.15) is 0 Å². The second-order valence-electron chi connectivity index (χ2n) is 14.0. The van der Waals surface area contributed by atoms with Crippen LogP contribution in [0.1, 0.15) is 5.56 Å². The Balaban J connectivity index is 1.15. The maximum absolute atomic E-state index is 10.5. The molecule has 5 nitrogen and oxygen atoms in total. The molecule has 0 spiro atoms. The zero-order chi connectivity index (χ0) is 36.6. The van der Waals surface area contributed by atoms with Gasteiger partial charge in [-0.05, 0) is 77.7 Å². The molecule has 0 radical (unpaired) electrons.